The molecule has 0 aromatic heterocycles. The monoisotopic (exact) mass is 2000 g/mol. The van der Waals surface area contributed by atoms with Crippen molar-refractivity contribution in [2.45, 2.75) is 76.2 Å². The van der Waals surface area contributed by atoms with Gasteiger partial charge in [0.05, 0.1) is 101 Å². The molecule has 0 heterocycles. The zero-order chi connectivity index (χ0) is 106. The Labute approximate surface area is 791 Å². The summed E-state index contributed by atoms with van der Waals surface area (Å²) in [4.78, 5) is 297. The molecular weight excluding hydrogens is 1880 g/mol. The number of aliphatic hydroxyl groups excluding tert-OH is 9. The van der Waals surface area contributed by atoms with Crippen molar-refractivity contribution in [2.24, 2.45) is 65.0 Å². The standard InChI is InChI=1S/C86H116O53/c1-75(24-87,25-88)64(107)130-40-83(9,41-131-66(109)77(3,27-90)34-124-59(102)54(97)118-12)72(115)137-47-86(46-136-71(114)82(8,32-95)39-129-65(108)76(2,26-89)33-123-53(96)52-23-19-21-50-20-17-18-22-51(50)52,48-138-73(116)84(10,42-132-67(110)78(4,28-91)35-125-60(103)55(98)119-13)43-133-68(111)79(5,29-92)36-126-61(104)56(99)120-14)49-139-74(117)85(11,44-134-69(112)80(6,30-93)37-127-62(105)57(100)121-15)45-135-70(113)81(7,31-94)38-128-63(106)58(101)122-16/h17-23,87-95H,24-49H2,1-16H3. The molecule has 8 unspecified atom stereocenters. The minimum atomic E-state index is -3.12. The van der Waals surface area contributed by atoms with Crippen molar-refractivity contribution in [2.75, 3.05) is 207 Å². The lowest BCUT2D eigenvalue weighted by molar-refractivity contribution is -0.192. The molecule has 0 aliphatic carbocycles. The fourth-order valence-corrected chi connectivity index (χ4v) is 10.00. The quantitative estimate of drug-likeness (QED) is 0.0169. The van der Waals surface area contributed by atoms with Crippen molar-refractivity contribution >= 4 is 142 Å². The van der Waals surface area contributed by atoms with Crippen molar-refractivity contribution in [1.29, 1.82) is 0 Å². The Bertz CT molecular complexity index is 4480. The third kappa shape index (κ3) is 33.5. The number of ether oxygens (including phenoxy) is 22. The van der Waals surface area contributed by atoms with Crippen molar-refractivity contribution in [3.63, 3.8) is 0 Å². The molecule has 53 heteroatoms. The van der Waals surface area contributed by atoms with E-state index in [0.717, 1.165) is 112 Å². The van der Waals surface area contributed by atoms with Gasteiger partial charge in [-0.25, -0.2) is 52.7 Å². The Morgan fingerprint density at radius 2 is 0.360 bits per heavy atom. The number of rotatable bonds is 55. The minimum absolute atomic E-state index is 0.00337. The van der Waals surface area contributed by atoms with E-state index in [1.54, 1.807) is 30.3 Å². The summed E-state index contributed by atoms with van der Waals surface area (Å²) in [7, 11) is 3.78. The van der Waals surface area contributed by atoms with E-state index in [0.29, 0.717) is 10.8 Å². The van der Waals surface area contributed by atoms with Gasteiger partial charge in [-0.3, -0.25) is 52.7 Å². The fraction of sp³-hybridized carbons (Fsp3) is 0.628. The highest BCUT2D eigenvalue weighted by atomic mass is 16.7. The van der Waals surface area contributed by atoms with Crippen LogP contribution < -0.4 is 0 Å². The Morgan fingerprint density at radius 3 is 0.568 bits per heavy atom. The molecule has 53 nitrogen and oxygen atoms in total. The van der Waals surface area contributed by atoms with Crippen molar-refractivity contribution < 1.29 is 256 Å². The van der Waals surface area contributed by atoms with Gasteiger partial charge >= 0.3 is 131 Å². The normalized spacial score (nSPS) is 15.9. The molecule has 0 spiro atoms. The third-order valence-electron chi connectivity index (χ3n) is 21.2. The molecule has 2 aromatic carbocycles. The molecule has 2 rings (SSSR count). The van der Waals surface area contributed by atoms with Crippen LogP contribution in [-0.4, -0.2) is 385 Å². The molecule has 139 heavy (non-hydrogen) atoms. The molecule has 0 amide bonds. The van der Waals surface area contributed by atoms with Crippen LogP contribution >= 0.6 is 0 Å². The fourth-order valence-electron chi connectivity index (χ4n) is 10.00. The van der Waals surface area contributed by atoms with Crippen LogP contribution in [0.25, 0.3) is 10.8 Å². The van der Waals surface area contributed by atoms with E-state index in [9.17, 15) is 132 Å². The largest absolute Gasteiger partial charge is 0.464 e. The van der Waals surface area contributed by atoms with Gasteiger partial charge in [-0.05, 0) is 93.0 Å². The second-order valence-corrected chi connectivity index (χ2v) is 34.9. The van der Waals surface area contributed by atoms with E-state index in [1.165, 1.54) is 12.1 Å². The maximum absolute atomic E-state index is 15.6. The first kappa shape index (κ1) is 122. The zero-order valence-electron chi connectivity index (χ0n) is 78.9. The van der Waals surface area contributed by atoms with E-state index in [4.69, 9.17) is 80.5 Å². The number of hydrogen-bond donors (Lipinski definition) is 9. The Morgan fingerprint density at radius 1 is 0.194 bits per heavy atom. The van der Waals surface area contributed by atoms with Gasteiger partial charge in [0, 0.05) is 0 Å². The average molecular weight is 2000 g/mol. The molecule has 0 saturated heterocycles. The summed E-state index contributed by atoms with van der Waals surface area (Å²) < 4.78 is 113. The topological polar surface area (TPSA) is 761 Å². The number of carbonyl (C=O) groups excluding carboxylic acids is 22. The van der Waals surface area contributed by atoms with E-state index in [2.05, 4.69) is 23.7 Å². The van der Waals surface area contributed by atoms with Crippen LogP contribution in [0.1, 0.15) is 86.5 Å². The first-order valence-electron chi connectivity index (χ1n) is 41.0. The van der Waals surface area contributed by atoms with Crippen LogP contribution in [0, 0.1) is 65.0 Å². The molecular formula is C86H116O53. The lowest BCUT2D eigenvalue weighted by atomic mass is 9.88. The molecule has 0 aliphatic heterocycles. The van der Waals surface area contributed by atoms with Crippen LogP contribution in [0.5, 0.6) is 0 Å². The number of esters is 22. The van der Waals surface area contributed by atoms with Crippen LogP contribution in [0.3, 0.4) is 0 Å². The van der Waals surface area contributed by atoms with E-state index in [1.807, 2.05) is 0 Å². The summed E-state index contributed by atoms with van der Waals surface area (Å²) in [6.07, 6.45) is 0. The summed E-state index contributed by atoms with van der Waals surface area (Å²) in [6, 6.07) is 11.1. The number of aliphatic hydroxyl groups is 9. The molecule has 0 aliphatic rings. The third-order valence-corrected chi connectivity index (χ3v) is 21.2. The molecule has 8 atom stereocenters. The van der Waals surface area contributed by atoms with Gasteiger partial charge in [-0.15, -0.1) is 0 Å². The summed E-state index contributed by atoms with van der Waals surface area (Å²) in [6.45, 7) is -26.8. The number of benzene rings is 2. The van der Waals surface area contributed by atoms with Crippen LogP contribution in [-0.2, 0) is 205 Å². The van der Waals surface area contributed by atoms with Gasteiger partial charge in [0.2, 0.25) is 0 Å². The van der Waals surface area contributed by atoms with Crippen LogP contribution in [0.15, 0.2) is 42.5 Å². The predicted molar refractivity (Wildman–Crippen MR) is 445 cm³/mol. The second-order valence-electron chi connectivity index (χ2n) is 34.9. The van der Waals surface area contributed by atoms with Gasteiger partial charge in [0.15, 0.2) is 0 Å². The summed E-state index contributed by atoms with van der Waals surface area (Å²) >= 11 is 0. The smallest absolute Gasteiger partial charge is 0.417 e. The highest BCUT2D eigenvalue weighted by molar-refractivity contribution is 6.31. The van der Waals surface area contributed by atoms with Gasteiger partial charge in [-0.1, -0.05) is 36.4 Å². The Hall–Kier alpha value is -13.3. The summed E-state index contributed by atoms with van der Waals surface area (Å²) in [5.74, 6) is -36.6. The number of fused-ring (bicyclic) bond motifs is 1. The maximum atomic E-state index is 15.6. The van der Waals surface area contributed by atoms with Crippen molar-refractivity contribution in [3.8, 4) is 0 Å². The lowest BCUT2D eigenvalue weighted by Crippen LogP contribution is -2.51. The van der Waals surface area contributed by atoms with E-state index in [-0.39, 0.29) is 5.56 Å². The first-order chi connectivity index (χ1) is 64.8. The lowest BCUT2D eigenvalue weighted by Gasteiger charge is -2.37. The highest BCUT2D eigenvalue weighted by Crippen LogP contribution is 2.36. The minimum Gasteiger partial charge on any atom is -0.464 e. The Balaban J connectivity index is 3.50. The van der Waals surface area contributed by atoms with Crippen LogP contribution in [0.2, 0.25) is 0 Å². The molecule has 0 bridgehead atoms. The van der Waals surface area contributed by atoms with Crippen molar-refractivity contribution in [3.05, 3.63) is 48.0 Å². The summed E-state index contributed by atoms with van der Waals surface area (Å²) in [5.41, 5.74) is -31.2. The zero-order valence-corrected chi connectivity index (χ0v) is 78.9. The molecule has 0 saturated carbocycles. The van der Waals surface area contributed by atoms with Gasteiger partial charge < -0.3 is 150 Å². The Kier molecular flexibility index (Phi) is 46.9. The average Bonchev–Trinajstić information content (AvgIpc) is 0.809. The number of carbonyl (C=O) groups is 22. The SMILES string of the molecule is COC(=O)C(=O)OCC(C)(CO)C(=O)OCC(C)(COC(=O)C(C)(CO)CO)C(=O)OCC(COC(=O)C(C)(CO)COC(=O)C(C)(CO)COC(=O)c1cccc2ccccc12)(COC(=O)C(C)(COC(=O)C(C)(CO)COC(=O)C(=O)OC)COC(=O)C(C)(CO)COC(=O)C(=O)OC)COC(=O)C(C)(COC(=O)C(C)(CO)COC(=O)C(=O)OC)COC(=O)C(C)(CO)COC(=O)C(=O)OC. The van der Waals surface area contributed by atoms with E-state index >= 15 is 19.2 Å². The molecule has 0 fully saturated rings. The molecule has 0 radical (unpaired) electrons. The number of methoxy groups -OCH3 is 5. The maximum Gasteiger partial charge on any atom is 0.417 e. The molecule has 778 valence electrons. The molecule has 2 aromatic rings. The van der Waals surface area contributed by atoms with Crippen LogP contribution in [0.4, 0.5) is 0 Å². The second kappa shape index (κ2) is 53.6. The van der Waals surface area contributed by atoms with E-state index < -0.39 is 368 Å². The van der Waals surface area contributed by atoms with Gasteiger partial charge in [0.1, 0.15) is 177 Å². The predicted octanol–water partition coefficient (Wildman–Crippen LogP) is -5.46. The van der Waals surface area contributed by atoms with Crippen molar-refractivity contribution in [1.82, 2.24) is 0 Å². The van der Waals surface area contributed by atoms with Gasteiger partial charge in [-0.2, -0.15) is 0 Å². The molecule has 9 N–H and O–H groups in total. The number of hydrogen-bond acceptors (Lipinski definition) is 53. The summed E-state index contributed by atoms with van der Waals surface area (Å²) in [5, 5.41) is 96.1. The van der Waals surface area contributed by atoms with Gasteiger partial charge in [0.25, 0.3) is 0 Å². The highest BCUT2D eigenvalue weighted by Gasteiger charge is 2.53. The first-order valence-corrected chi connectivity index (χ1v) is 41.0.